The van der Waals surface area contributed by atoms with Gasteiger partial charge in [-0.3, -0.25) is 0 Å². The van der Waals surface area contributed by atoms with Gasteiger partial charge in [-0.15, -0.1) is 11.3 Å². The predicted octanol–water partition coefficient (Wildman–Crippen LogP) is 4.38. The van der Waals surface area contributed by atoms with Gasteiger partial charge < -0.3 is 14.4 Å². The van der Waals surface area contributed by atoms with Crippen molar-refractivity contribution in [1.82, 2.24) is 9.97 Å². The van der Waals surface area contributed by atoms with Crippen LogP contribution < -0.4 is 4.90 Å². The predicted molar refractivity (Wildman–Crippen MR) is 113 cm³/mol. The number of nitrogens with zero attached hydrogens (tertiary/aromatic N) is 3. The zero-order valence-electron chi connectivity index (χ0n) is 15.9. The molecule has 2 saturated heterocycles. The Bertz CT molecular complexity index is 916. The number of aromatic nitrogens is 2. The van der Waals surface area contributed by atoms with Crippen LogP contribution in [0.25, 0.3) is 21.3 Å². The maximum absolute atomic E-state index is 6.05. The second-order valence-electron chi connectivity index (χ2n) is 7.64. The Morgan fingerprint density at radius 2 is 1.96 bits per heavy atom. The molecular formula is C22H25N3O2S. The topological polar surface area (TPSA) is 47.5 Å². The first kappa shape index (κ1) is 18.0. The maximum atomic E-state index is 6.05. The Hall–Kier alpha value is -2.02. The SMILES string of the molecule is c1ccc(-c2csc3ncnc(N4CCC(COC5CCOC5)CC4)c23)cc1. The number of piperidine rings is 1. The van der Waals surface area contributed by atoms with E-state index in [2.05, 4.69) is 45.6 Å². The normalized spacial score (nSPS) is 20.9. The van der Waals surface area contributed by atoms with Gasteiger partial charge in [-0.2, -0.15) is 0 Å². The number of benzene rings is 1. The highest BCUT2D eigenvalue weighted by Gasteiger charge is 2.25. The number of anilines is 1. The highest BCUT2D eigenvalue weighted by Crippen LogP contribution is 2.38. The van der Waals surface area contributed by atoms with Crippen LogP contribution in [0.1, 0.15) is 19.3 Å². The molecule has 2 aliphatic rings. The van der Waals surface area contributed by atoms with Gasteiger partial charge in [0.1, 0.15) is 17.0 Å². The third-order valence-electron chi connectivity index (χ3n) is 5.80. The Balaban J connectivity index is 1.32. The van der Waals surface area contributed by atoms with E-state index < -0.39 is 0 Å². The standard InChI is InChI=1S/C22H25N3O2S/c1-2-4-17(5-3-1)19-14-28-22-20(19)21(23-15-24-22)25-9-6-16(7-10-25)12-27-18-8-11-26-13-18/h1-5,14-16,18H,6-13H2. The molecule has 0 radical (unpaired) electrons. The van der Waals surface area contributed by atoms with Gasteiger partial charge in [-0.05, 0) is 30.7 Å². The summed E-state index contributed by atoms with van der Waals surface area (Å²) in [5.41, 5.74) is 2.47. The van der Waals surface area contributed by atoms with Crippen LogP contribution >= 0.6 is 11.3 Å². The lowest BCUT2D eigenvalue weighted by atomic mass is 9.97. The fraction of sp³-hybridized carbons (Fsp3) is 0.455. The molecule has 0 spiro atoms. The molecule has 2 aromatic heterocycles. The van der Waals surface area contributed by atoms with E-state index in [0.717, 1.165) is 62.8 Å². The van der Waals surface area contributed by atoms with Crippen LogP contribution in [0.4, 0.5) is 5.82 Å². The minimum absolute atomic E-state index is 0.304. The summed E-state index contributed by atoms with van der Waals surface area (Å²) < 4.78 is 11.5. The number of hydrogen-bond acceptors (Lipinski definition) is 6. The van der Waals surface area contributed by atoms with Crippen LogP contribution in [0.3, 0.4) is 0 Å². The van der Waals surface area contributed by atoms with Gasteiger partial charge >= 0.3 is 0 Å². The lowest BCUT2D eigenvalue weighted by molar-refractivity contribution is 0.0174. The Morgan fingerprint density at radius 1 is 1.11 bits per heavy atom. The van der Waals surface area contributed by atoms with Crippen molar-refractivity contribution in [2.75, 3.05) is 37.8 Å². The fourth-order valence-corrected chi connectivity index (χ4v) is 5.07. The number of thiophene rings is 1. The van der Waals surface area contributed by atoms with Crippen LogP contribution in [-0.2, 0) is 9.47 Å². The smallest absolute Gasteiger partial charge is 0.141 e. The Labute approximate surface area is 169 Å². The summed E-state index contributed by atoms with van der Waals surface area (Å²) in [6, 6.07) is 10.6. The number of rotatable bonds is 5. The zero-order chi connectivity index (χ0) is 18.8. The first-order valence-corrected chi connectivity index (χ1v) is 11.0. The van der Waals surface area contributed by atoms with E-state index in [-0.39, 0.29) is 0 Å². The minimum Gasteiger partial charge on any atom is -0.379 e. The van der Waals surface area contributed by atoms with E-state index in [1.807, 2.05) is 0 Å². The number of fused-ring (bicyclic) bond motifs is 1. The third-order valence-corrected chi connectivity index (χ3v) is 6.69. The molecule has 6 heteroatoms. The van der Waals surface area contributed by atoms with Crippen LogP contribution in [-0.4, -0.2) is 49.0 Å². The van der Waals surface area contributed by atoms with Crippen molar-refractivity contribution in [3.05, 3.63) is 42.0 Å². The molecule has 0 bridgehead atoms. The molecule has 1 unspecified atom stereocenters. The van der Waals surface area contributed by atoms with Gasteiger partial charge in [-0.1, -0.05) is 30.3 Å². The molecule has 0 amide bonds. The van der Waals surface area contributed by atoms with Gasteiger partial charge in [0.15, 0.2) is 0 Å². The Kier molecular flexibility index (Phi) is 5.25. The minimum atomic E-state index is 0.304. The Morgan fingerprint density at radius 3 is 2.75 bits per heavy atom. The van der Waals surface area contributed by atoms with Gasteiger partial charge in [0.25, 0.3) is 0 Å². The molecule has 28 heavy (non-hydrogen) atoms. The quantitative estimate of drug-likeness (QED) is 0.642. The highest BCUT2D eigenvalue weighted by atomic mass is 32.1. The summed E-state index contributed by atoms with van der Waals surface area (Å²) in [4.78, 5) is 12.7. The van der Waals surface area contributed by atoms with Crippen LogP contribution in [0.2, 0.25) is 0 Å². The first-order chi connectivity index (χ1) is 13.9. The summed E-state index contributed by atoms with van der Waals surface area (Å²) in [5, 5.41) is 3.40. The molecule has 1 atom stereocenters. The van der Waals surface area contributed by atoms with Crippen molar-refractivity contribution in [2.24, 2.45) is 5.92 Å². The zero-order valence-corrected chi connectivity index (χ0v) is 16.7. The summed E-state index contributed by atoms with van der Waals surface area (Å²) >= 11 is 1.70. The van der Waals surface area contributed by atoms with Gasteiger partial charge in [0.2, 0.25) is 0 Å². The first-order valence-electron chi connectivity index (χ1n) is 10.1. The van der Waals surface area contributed by atoms with Crippen LogP contribution in [0.5, 0.6) is 0 Å². The second kappa shape index (κ2) is 8.15. The summed E-state index contributed by atoms with van der Waals surface area (Å²) in [6.07, 6.45) is 5.34. The molecule has 2 fully saturated rings. The van der Waals surface area contributed by atoms with Gasteiger partial charge in [0.05, 0.1) is 24.7 Å². The summed E-state index contributed by atoms with van der Waals surface area (Å²) in [6.45, 7) is 4.50. The van der Waals surface area contributed by atoms with Crippen molar-refractivity contribution >= 4 is 27.4 Å². The molecule has 5 rings (SSSR count). The molecule has 2 aliphatic heterocycles. The maximum Gasteiger partial charge on any atom is 0.141 e. The van der Waals surface area contributed by atoms with E-state index in [9.17, 15) is 0 Å². The van der Waals surface area contributed by atoms with E-state index in [1.165, 1.54) is 16.5 Å². The van der Waals surface area contributed by atoms with Gasteiger partial charge in [-0.25, -0.2) is 9.97 Å². The summed E-state index contributed by atoms with van der Waals surface area (Å²) in [7, 11) is 0. The number of ether oxygens (including phenoxy) is 2. The lowest BCUT2D eigenvalue weighted by Gasteiger charge is -2.33. The largest absolute Gasteiger partial charge is 0.379 e. The molecule has 146 valence electrons. The molecule has 5 nitrogen and oxygen atoms in total. The van der Waals surface area contributed by atoms with Crippen molar-refractivity contribution in [1.29, 1.82) is 0 Å². The molecule has 0 saturated carbocycles. The molecule has 0 aliphatic carbocycles. The van der Waals surface area contributed by atoms with Gasteiger partial charge in [0, 0.05) is 30.6 Å². The van der Waals surface area contributed by atoms with E-state index in [4.69, 9.17) is 14.5 Å². The second-order valence-corrected chi connectivity index (χ2v) is 8.50. The molecular weight excluding hydrogens is 370 g/mol. The summed E-state index contributed by atoms with van der Waals surface area (Å²) in [5.74, 6) is 1.71. The van der Waals surface area contributed by atoms with Crippen molar-refractivity contribution < 1.29 is 9.47 Å². The van der Waals surface area contributed by atoms with Crippen LogP contribution in [0.15, 0.2) is 42.0 Å². The van der Waals surface area contributed by atoms with Crippen LogP contribution in [0, 0.1) is 5.92 Å². The van der Waals surface area contributed by atoms with E-state index >= 15 is 0 Å². The average molecular weight is 396 g/mol. The molecule has 0 N–H and O–H groups in total. The third kappa shape index (κ3) is 3.64. The van der Waals surface area contributed by atoms with Crippen molar-refractivity contribution in [3.63, 3.8) is 0 Å². The average Bonchev–Trinajstić information content (AvgIpc) is 3.43. The van der Waals surface area contributed by atoms with Crippen molar-refractivity contribution in [2.45, 2.75) is 25.4 Å². The monoisotopic (exact) mass is 395 g/mol. The fourth-order valence-electron chi connectivity index (χ4n) is 4.16. The lowest BCUT2D eigenvalue weighted by Crippen LogP contribution is -2.36. The van der Waals surface area contributed by atoms with Crippen molar-refractivity contribution in [3.8, 4) is 11.1 Å². The highest BCUT2D eigenvalue weighted by molar-refractivity contribution is 7.17. The molecule has 1 aromatic carbocycles. The molecule has 3 aromatic rings. The van der Waals surface area contributed by atoms with E-state index in [1.54, 1.807) is 17.7 Å². The molecule has 4 heterocycles. The van der Waals surface area contributed by atoms with E-state index in [0.29, 0.717) is 12.0 Å². The number of hydrogen-bond donors (Lipinski definition) is 0.